The first-order valence-electron chi connectivity index (χ1n) is 9.37. The van der Waals surface area contributed by atoms with Crippen LogP contribution in [0.1, 0.15) is 45.2 Å². The second-order valence-electron chi connectivity index (χ2n) is 7.06. The molecule has 2 unspecified atom stereocenters. The highest BCUT2D eigenvalue weighted by Crippen LogP contribution is 2.28. The van der Waals surface area contributed by atoms with Gasteiger partial charge in [0.15, 0.2) is 9.84 Å². The molecule has 0 bridgehead atoms. The Morgan fingerprint density at radius 2 is 1.96 bits per heavy atom. The van der Waals surface area contributed by atoms with Crippen LogP contribution in [0.25, 0.3) is 0 Å². The number of benzene rings is 1. The van der Waals surface area contributed by atoms with Gasteiger partial charge in [0.25, 0.3) is 0 Å². The van der Waals surface area contributed by atoms with Gasteiger partial charge in [-0.05, 0) is 50.9 Å². The second-order valence-corrected chi connectivity index (χ2v) is 10.1. The van der Waals surface area contributed by atoms with Crippen molar-refractivity contribution in [1.29, 1.82) is 0 Å². The molecule has 0 aromatic heterocycles. The van der Waals surface area contributed by atoms with Crippen molar-refractivity contribution in [2.75, 3.05) is 31.1 Å². The molecular weight excluding hydrogens is 407 g/mol. The maximum absolute atomic E-state index is 13.0. The van der Waals surface area contributed by atoms with Crippen molar-refractivity contribution in [3.8, 4) is 0 Å². The number of carbonyl (C=O) groups excluding carboxylic acids is 1. The van der Waals surface area contributed by atoms with Crippen LogP contribution in [0.5, 0.6) is 0 Å². The van der Waals surface area contributed by atoms with Crippen LogP contribution in [-0.4, -0.2) is 61.3 Å². The lowest BCUT2D eigenvalue weighted by atomic mass is 10.1. The summed E-state index contributed by atoms with van der Waals surface area (Å²) in [7, 11) is -3.03. The number of rotatable bonds is 8. The molecule has 27 heavy (non-hydrogen) atoms. The SMILES string of the molecule is CCCN(CC(=O)N(CC)C1CCS(=O)(=O)C1)C(C)c1ccc(Cl)c(Cl)c1. The zero-order chi connectivity index (χ0) is 20.2. The first kappa shape index (κ1) is 22.5. The van der Waals surface area contributed by atoms with E-state index in [1.54, 1.807) is 11.0 Å². The average Bonchev–Trinajstić information content (AvgIpc) is 2.96. The summed E-state index contributed by atoms with van der Waals surface area (Å²) in [4.78, 5) is 16.8. The molecule has 152 valence electrons. The lowest BCUT2D eigenvalue weighted by molar-refractivity contribution is -0.134. The van der Waals surface area contributed by atoms with Crippen molar-refractivity contribution in [3.05, 3.63) is 33.8 Å². The lowest BCUT2D eigenvalue weighted by Crippen LogP contribution is -2.46. The molecule has 0 aliphatic carbocycles. The van der Waals surface area contributed by atoms with Gasteiger partial charge in [-0.1, -0.05) is 36.2 Å². The zero-order valence-electron chi connectivity index (χ0n) is 16.1. The molecule has 1 fully saturated rings. The number of sulfone groups is 1. The number of amides is 1. The molecule has 8 heteroatoms. The van der Waals surface area contributed by atoms with E-state index in [9.17, 15) is 13.2 Å². The quantitative estimate of drug-likeness (QED) is 0.623. The molecule has 2 rings (SSSR count). The summed E-state index contributed by atoms with van der Waals surface area (Å²) < 4.78 is 23.6. The first-order valence-corrected chi connectivity index (χ1v) is 11.9. The molecule has 1 aromatic carbocycles. The van der Waals surface area contributed by atoms with Gasteiger partial charge in [-0.3, -0.25) is 9.69 Å². The Morgan fingerprint density at radius 3 is 2.48 bits per heavy atom. The largest absolute Gasteiger partial charge is 0.338 e. The van der Waals surface area contributed by atoms with Gasteiger partial charge in [-0.2, -0.15) is 0 Å². The van der Waals surface area contributed by atoms with Crippen LogP contribution in [0.15, 0.2) is 18.2 Å². The van der Waals surface area contributed by atoms with Gasteiger partial charge >= 0.3 is 0 Å². The van der Waals surface area contributed by atoms with E-state index in [1.807, 2.05) is 26.0 Å². The van der Waals surface area contributed by atoms with Gasteiger partial charge < -0.3 is 4.90 Å². The minimum Gasteiger partial charge on any atom is -0.338 e. The van der Waals surface area contributed by atoms with E-state index in [4.69, 9.17) is 23.2 Å². The predicted molar refractivity (Wildman–Crippen MR) is 111 cm³/mol. The van der Waals surface area contributed by atoms with Gasteiger partial charge in [-0.15, -0.1) is 0 Å². The van der Waals surface area contributed by atoms with E-state index >= 15 is 0 Å². The predicted octanol–water partition coefficient (Wildman–Crippen LogP) is 3.80. The molecule has 1 heterocycles. The Hall–Kier alpha value is -0.820. The van der Waals surface area contributed by atoms with Crippen molar-refractivity contribution in [3.63, 3.8) is 0 Å². The summed E-state index contributed by atoms with van der Waals surface area (Å²) in [5.74, 6) is 0.211. The number of hydrogen-bond acceptors (Lipinski definition) is 4. The fraction of sp³-hybridized carbons (Fsp3) is 0.632. The van der Waals surface area contributed by atoms with E-state index < -0.39 is 9.84 Å². The molecule has 2 atom stereocenters. The van der Waals surface area contributed by atoms with Gasteiger partial charge in [-0.25, -0.2) is 8.42 Å². The smallest absolute Gasteiger partial charge is 0.237 e. The van der Waals surface area contributed by atoms with Crippen molar-refractivity contribution >= 4 is 38.9 Å². The number of halogens is 2. The molecule has 1 aliphatic rings. The number of nitrogens with zero attached hydrogens (tertiary/aromatic N) is 2. The third-order valence-corrected chi connectivity index (χ3v) is 7.62. The molecule has 1 aromatic rings. The lowest BCUT2D eigenvalue weighted by Gasteiger charge is -2.33. The minimum absolute atomic E-state index is 0.00492. The van der Waals surface area contributed by atoms with Crippen LogP contribution in [0.3, 0.4) is 0 Å². The fourth-order valence-electron chi connectivity index (χ4n) is 3.60. The maximum atomic E-state index is 13.0. The summed E-state index contributed by atoms with van der Waals surface area (Å²) >= 11 is 12.2. The molecule has 0 N–H and O–H groups in total. The van der Waals surface area contributed by atoms with Crippen LogP contribution in [-0.2, 0) is 14.6 Å². The Labute approximate surface area is 172 Å². The van der Waals surface area contributed by atoms with Crippen LogP contribution < -0.4 is 0 Å². The molecule has 0 saturated carbocycles. The van der Waals surface area contributed by atoms with E-state index in [0.29, 0.717) is 23.0 Å². The number of carbonyl (C=O) groups is 1. The minimum atomic E-state index is -3.03. The Balaban J connectivity index is 2.13. The first-order chi connectivity index (χ1) is 12.7. The monoisotopic (exact) mass is 434 g/mol. The Morgan fingerprint density at radius 1 is 1.26 bits per heavy atom. The normalized spacial score (nSPS) is 20.0. The molecule has 5 nitrogen and oxygen atoms in total. The third-order valence-electron chi connectivity index (χ3n) is 5.13. The maximum Gasteiger partial charge on any atom is 0.237 e. The molecule has 1 aliphatic heterocycles. The highest BCUT2D eigenvalue weighted by molar-refractivity contribution is 7.91. The summed E-state index contributed by atoms with van der Waals surface area (Å²) in [6.45, 7) is 7.53. The van der Waals surface area contributed by atoms with Crippen molar-refractivity contribution < 1.29 is 13.2 Å². The van der Waals surface area contributed by atoms with Crippen molar-refractivity contribution in [2.24, 2.45) is 0 Å². The molecule has 1 amide bonds. The van der Waals surface area contributed by atoms with Gasteiger partial charge in [0.1, 0.15) is 0 Å². The number of likely N-dealkylation sites (N-methyl/N-ethyl adjacent to an activating group) is 1. The van der Waals surface area contributed by atoms with E-state index in [-0.39, 0.29) is 36.0 Å². The van der Waals surface area contributed by atoms with Gasteiger partial charge in [0.05, 0.1) is 28.1 Å². The Kier molecular flexibility index (Phi) is 7.98. The van der Waals surface area contributed by atoms with E-state index in [2.05, 4.69) is 11.8 Å². The fourth-order valence-corrected chi connectivity index (χ4v) is 5.64. The number of hydrogen-bond donors (Lipinski definition) is 0. The highest BCUT2D eigenvalue weighted by atomic mass is 35.5. The van der Waals surface area contributed by atoms with E-state index in [1.165, 1.54) is 0 Å². The topological polar surface area (TPSA) is 57.7 Å². The highest BCUT2D eigenvalue weighted by Gasteiger charge is 2.34. The standard InChI is InChI=1S/C19H28Cl2N2O3S/c1-4-9-22(14(3)15-6-7-17(20)18(21)11-15)12-19(24)23(5-2)16-8-10-27(25,26)13-16/h6-7,11,14,16H,4-5,8-10,12-13H2,1-3H3. The summed E-state index contributed by atoms with van der Waals surface area (Å²) in [6.07, 6.45) is 1.43. The van der Waals surface area contributed by atoms with Crippen molar-refractivity contribution in [1.82, 2.24) is 9.80 Å². The van der Waals surface area contributed by atoms with Crippen LogP contribution in [0.4, 0.5) is 0 Å². The van der Waals surface area contributed by atoms with Crippen LogP contribution in [0, 0.1) is 0 Å². The summed E-state index contributed by atoms with van der Waals surface area (Å²) in [6, 6.07) is 5.31. The summed E-state index contributed by atoms with van der Waals surface area (Å²) in [5.41, 5.74) is 0.997. The van der Waals surface area contributed by atoms with Crippen LogP contribution in [0.2, 0.25) is 10.0 Å². The molecule has 1 saturated heterocycles. The zero-order valence-corrected chi connectivity index (χ0v) is 18.4. The second kappa shape index (κ2) is 9.59. The third kappa shape index (κ3) is 5.83. The molecular formula is C19H28Cl2N2O3S. The molecule has 0 radical (unpaired) electrons. The summed E-state index contributed by atoms with van der Waals surface area (Å²) in [5, 5.41) is 1.00. The van der Waals surface area contributed by atoms with Crippen LogP contribution >= 0.6 is 23.2 Å². The Bertz CT molecular complexity index is 770. The van der Waals surface area contributed by atoms with Crippen molar-refractivity contribution in [2.45, 2.75) is 45.7 Å². The van der Waals surface area contributed by atoms with Gasteiger partial charge in [0, 0.05) is 18.6 Å². The van der Waals surface area contributed by atoms with E-state index in [0.717, 1.165) is 18.5 Å². The van der Waals surface area contributed by atoms with Gasteiger partial charge in [0.2, 0.25) is 5.91 Å². The average molecular weight is 435 g/mol. The molecule has 0 spiro atoms.